The van der Waals surface area contributed by atoms with Crippen LogP contribution in [-0.4, -0.2) is 0 Å². The molecular weight excluding hydrogens is 220 g/mol. The molecule has 0 aliphatic carbocycles. The summed E-state index contributed by atoms with van der Waals surface area (Å²) in [5.41, 5.74) is 3.80. The van der Waals surface area contributed by atoms with E-state index in [0.29, 0.717) is 5.92 Å². The molecular formula is C16H22N2. The monoisotopic (exact) mass is 242 g/mol. The molecule has 96 valence electrons. The molecule has 2 rings (SSSR count). The highest BCUT2D eigenvalue weighted by Gasteiger charge is 2.25. The van der Waals surface area contributed by atoms with Gasteiger partial charge in [0, 0.05) is 5.92 Å². The number of hydrogen-bond acceptors (Lipinski definition) is 2. The second kappa shape index (κ2) is 4.68. The van der Waals surface area contributed by atoms with Gasteiger partial charge in [-0.1, -0.05) is 52.0 Å². The Hall–Kier alpha value is -1.44. The zero-order valence-electron chi connectivity index (χ0n) is 11.9. The Morgan fingerprint density at radius 1 is 1.17 bits per heavy atom. The van der Waals surface area contributed by atoms with Crippen molar-refractivity contribution >= 4 is 6.08 Å². The molecule has 0 bridgehead atoms. The maximum absolute atomic E-state index is 4.47. The molecule has 1 heterocycles. The quantitative estimate of drug-likeness (QED) is 0.643. The predicted octanol–water partition coefficient (Wildman–Crippen LogP) is 5.24. The van der Waals surface area contributed by atoms with E-state index in [-0.39, 0.29) is 11.5 Å². The molecule has 0 fully saturated rings. The van der Waals surface area contributed by atoms with Gasteiger partial charge in [0.1, 0.15) is 0 Å². The van der Waals surface area contributed by atoms with Crippen LogP contribution in [0.5, 0.6) is 0 Å². The van der Waals surface area contributed by atoms with Crippen molar-refractivity contribution < 1.29 is 0 Å². The van der Waals surface area contributed by atoms with Gasteiger partial charge >= 0.3 is 0 Å². The van der Waals surface area contributed by atoms with E-state index in [1.54, 1.807) is 0 Å². The Labute approximate surface area is 110 Å². The van der Waals surface area contributed by atoms with Crippen LogP contribution < -0.4 is 0 Å². The summed E-state index contributed by atoms with van der Waals surface area (Å²) in [6.07, 6.45) is 2.19. The number of hydrogen-bond donors (Lipinski definition) is 0. The van der Waals surface area contributed by atoms with Gasteiger partial charge in [-0.15, -0.1) is 0 Å². The molecule has 18 heavy (non-hydrogen) atoms. The summed E-state index contributed by atoms with van der Waals surface area (Å²) in [4.78, 5) is 0. The Kier molecular flexibility index (Phi) is 3.38. The number of benzene rings is 1. The van der Waals surface area contributed by atoms with Crippen molar-refractivity contribution in [2.24, 2.45) is 21.6 Å². The topological polar surface area (TPSA) is 24.7 Å². The van der Waals surface area contributed by atoms with Gasteiger partial charge in [-0.3, -0.25) is 0 Å². The maximum atomic E-state index is 4.47. The molecule has 0 spiro atoms. The van der Waals surface area contributed by atoms with Gasteiger partial charge in [-0.2, -0.15) is 10.2 Å². The highest BCUT2D eigenvalue weighted by atomic mass is 15.1. The molecule has 1 aromatic carbocycles. The van der Waals surface area contributed by atoms with E-state index >= 15 is 0 Å². The van der Waals surface area contributed by atoms with E-state index in [4.69, 9.17) is 0 Å². The predicted molar refractivity (Wildman–Crippen MR) is 76.3 cm³/mol. The molecule has 1 aliphatic heterocycles. The summed E-state index contributed by atoms with van der Waals surface area (Å²) < 4.78 is 0. The van der Waals surface area contributed by atoms with Crippen LogP contribution in [0.25, 0.3) is 6.08 Å². The molecule has 0 amide bonds. The molecule has 1 aliphatic rings. The average molecular weight is 242 g/mol. The van der Waals surface area contributed by atoms with Crippen molar-refractivity contribution in [2.45, 2.75) is 40.7 Å². The minimum Gasteiger partial charge on any atom is -0.181 e. The second-order valence-corrected chi connectivity index (χ2v) is 6.18. The Morgan fingerprint density at radius 2 is 1.83 bits per heavy atom. The minimum absolute atomic E-state index is 0.141. The van der Waals surface area contributed by atoms with Crippen molar-refractivity contribution in [1.82, 2.24) is 0 Å². The fourth-order valence-corrected chi connectivity index (χ4v) is 2.08. The SMILES string of the molecule is C[C@@H]1N=NC([C@H](C)C(C)(C)C)=Cc2ccccc21. The van der Waals surface area contributed by atoms with Gasteiger partial charge in [-0.25, -0.2) is 0 Å². The first-order valence-electron chi connectivity index (χ1n) is 6.61. The molecule has 0 saturated heterocycles. The first-order valence-corrected chi connectivity index (χ1v) is 6.61. The molecule has 0 radical (unpaired) electrons. The van der Waals surface area contributed by atoms with Gasteiger partial charge in [0.25, 0.3) is 0 Å². The maximum Gasteiger partial charge on any atom is 0.0939 e. The second-order valence-electron chi connectivity index (χ2n) is 6.18. The lowest BCUT2D eigenvalue weighted by Crippen LogP contribution is -2.18. The molecule has 2 atom stereocenters. The zero-order valence-corrected chi connectivity index (χ0v) is 11.9. The third-order valence-electron chi connectivity index (χ3n) is 3.84. The molecule has 1 aromatic rings. The minimum atomic E-state index is 0.141. The Morgan fingerprint density at radius 3 is 2.50 bits per heavy atom. The van der Waals surface area contributed by atoms with Crippen molar-refractivity contribution in [3.05, 3.63) is 41.1 Å². The summed E-state index contributed by atoms with van der Waals surface area (Å²) in [6.45, 7) is 11.1. The van der Waals surface area contributed by atoms with Crippen LogP contribution in [0.3, 0.4) is 0 Å². The largest absolute Gasteiger partial charge is 0.181 e. The van der Waals surface area contributed by atoms with E-state index < -0.39 is 0 Å². The fraction of sp³-hybridized carbons (Fsp3) is 0.500. The van der Waals surface area contributed by atoms with E-state index in [2.05, 4.69) is 75.2 Å². The molecule has 0 saturated carbocycles. The zero-order chi connectivity index (χ0) is 13.3. The van der Waals surface area contributed by atoms with Crippen molar-refractivity contribution in [1.29, 1.82) is 0 Å². The number of allylic oxidation sites excluding steroid dienone is 1. The van der Waals surface area contributed by atoms with E-state index in [9.17, 15) is 0 Å². The first kappa shape index (κ1) is 13.0. The Bertz CT molecular complexity index is 492. The lowest BCUT2D eigenvalue weighted by molar-refractivity contribution is 0.298. The van der Waals surface area contributed by atoms with Crippen LogP contribution in [0.15, 0.2) is 40.2 Å². The van der Waals surface area contributed by atoms with Gasteiger partial charge in [0.2, 0.25) is 0 Å². The van der Waals surface area contributed by atoms with Gasteiger partial charge < -0.3 is 0 Å². The van der Waals surface area contributed by atoms with E-state index in [0.717, 1.165) is 5.70 Å². The van der Waals surface area contributed by atoms with Gasteiger partial charge in [0.05, 0.1) is 11.7 Å². The Balaban J connectivity index is 2.46. The number of fused-ring (bicyclic) bond motifs is 1. The lowest BCUT2D eigenvalue weighted by Gasteiger charge is -2.26. The van der Waals surface area contributed by atoms with Crippen LogP contribution in [0.4, 0.5) is 0 Å². The van der Waals surface area contributed by atoms with Crippen LogP contribution in [-0.2, 0) is 0 Å². The van der Waals surface area contributed by atoms with E-state index in [1.807, 2.05) is 0 Å². The van der Waals surface area contributed by atoms with Crippen molar-refractivity contribution in [2.75, 3.05) is 0 Å². The number of azo groups is 1. The highest BCUT2D eigenvalue weighted by molar-refractivity contribution is 5.58. The molecule has 0 unspecified atom stereocenters. The van der Waals surface area contributed by atoms with E-state index in [1.165, 1.54) is 11.1 Å². The summed E-state index contributed by atoms with van der Waals surface area (Å²) in [5.74, 6) is 0.389. The number of rotatable bonds is 1. The lowest BCUT2D eigenvalue weighted by atomic mass is 9.79. The van der Waals surface area contributed by atoms with Crippen LogP contribution in [0.1, 0.15) is 51.8 Å². The van der Waals surface area contributed by atoms with Crippen LogP contribution >= 0.6 is 0 Å². The summed E-state index contributed by atoms with van der Waals surface area (Å²) in [5, 5.41) is 8.91. The normalized spacial score (nSPS) is 20.9. The summed E-state index contributed by atoms with van der Waals surface area (Å²) in [7, 11) is 0. The van der Waals surface area contributed by atoms with Gasteiger partial charge in [0.15, 0.2) is 0 Å². The average Bonchev–Trinajstić information content (AvgIpc) is 2.47. The standard InChI is InChI=1S/C16H22N2/c1-11(16(3,4)5)15-10-13-8-6-7-9-14(13)12(2)17-18-15/h6-12H,1-5H3/t11-,12-/m0/s1. The third-order valence-corrected chi connectivity index (χ3v) is 3.84. The number of nitrogens with zero attached hydrogens (tertiary/aromatic N) is 2. The van der Waals surface area contributed by atoms with Gasteiger partial charge in [-0.05, 0) is 29.5 Å². The molecule has 2 nitrogen and oxygen atoms in total. The smallest absolute Gasteiger partial charge is 0.0939 e. The summed E-state index contributed by atoms with van der Waals surface area (Å²) in [6, 6.07) is 8.57. The first-order chi connectivity index (χ1) is 8.39. The molecule has 0 aromatic heterocycles. The highest BCUT2D eigenvalue weighted by Crippen LogP contribution is 2.36. The van der Waals surface area contributed by atoms with Crippen LogP contribution in [0, 0.1) is 11.3 Å². The molecule has 2 heteroatoms. The van der Waals surface area contributed by atoms with Crippen LogP contribution in [0.2, 0.25) is 0 Å². The molecule has 0 N–H and O–H groups in total. The summed E-state index contributed by atoms with van der Waals surface area (Å²) >= 11 is 0. The van der Waals surface area contributed by atoms with Crippen molar-refractivity contribution in [3.63, 3.8) is 0 Å². The fourth-order valence-electron chi connectivity index (χ4n) is 2.08. The van der Waals surface area contributed by atoms with Crippen molar-refractivity contribution in [3.8, 4) is 0 Å². The third kappa shape index (κ3) is 2.53.